The number of aryl methyl sites for hydroxylation is 3. The first kappa shape index (κ1) is 61.4. The molecule has 3 aliphatic heterocycles. The van der Waals surface area contributed by atoms with Gasteiger partial charge < -0.3 is 25.4 Å². The molecule has 8 aromatic rings. The van der Waals surface area contributed by atoms with Crippen LogP contribution in [0.1, 0.15) is 99.6 Å². The van der Waals surface area contributed by atoms with E-state index in [1.165, 1.54) is 35.5 Å². The molecule has 0 radical (unpaired) electrons. The van der Waals surface area contributed by atoms with Crippen molar-refractivity contribution in [3.8, 4) is 23.0 Å². The Morgan fingerprint density at radius 2 is 0.530 bits per heavy atom. The normalized spacial score (nSPS) is 12.1. The van der Waals surface area contributed by atoms with Gasteiger partial charge in [0.05, 0.1) is 50.4 Å². The summed E-state index contributed by atoms with van der Waals surface area (Å²) in [5.74, 6) is 1.08. The predicted octanol–water partition coefficient (Wildman–Crippen LogP) is 11.2. The third kappa shape index (κ3) is 15.9. The second kappa shape index (κ2) is 28.9. The van der Waals surface area contributed by atoms with Gasteiger partial charge in [0.2, 0.25) is 17.7 Å². The number of imide groups is 3. The van der Waals surface area contributed by atoms with E-state index in [-0.39, 0.29) is 53.2 Å². The number of benzene rings is 8. The number of nitrogens with zero attached hydrogens (tertiary/aromatic N) is 3. The smallest absolute Gasteiger partial charge is 0.266 e. The average molecular weight is 1120 g/mol. The fourth-order valence-corrected chi connectivity index (χ4v) is 7.85. The number of fused-ring (bicyclic) bond motifs is 3. The number of hydrogen-bond donors (Lipinski definition) is 3. The summed E-state index contributed by atoms with van der Waals surface area (Å²) in [6, 6.07) is 57.3. The van der Waals surface area contributed by atoms with Crippen molar-refractivity contribution in [1.29, 1.82) is 0 Å². The molecule has 8 aromatic carbocycles. The molecule has 422 valence electrons. The number of ether oxygens (including phenoxy) is 2. The maximum atomic E-state index is 12.5. The summed E-state index contributed by atoms with van der Waals surface area (Å²) in [4.78, 5) is 107. The zero-order valence-electron chi connectivity index (χ0n) is 47.3. The molecule has 3 heterocycles. The minimum atomic E-state index is -0.298. The molecule has 0 atom stereocenters. The van der Waals surface area contributed by atoms with Gasteiger partial charge in [0.1, 0.15) is 23.0 Å². The number of anilines is 3. The monoisotopic (exact) mass is 1110 g/mol. The van der Waals surface area contributed by atoms with Crippen molar-refractivity contribution in [3.05, 3.63) is 244 Å². The third-order valence-electron chi connectivity index (χ3n) is 12.4. The molecule has 0 saturated carbocycles. The van der Waals surface area contributed by atoms with E-state index in [0.717, 1.165) is 28.2 Å². The van der Waals surface area contributed by atoms with Crippen molar-refractivity contribution in [2.75, 3.05) is 35.8 Å². The average Bonchev–Trinajstić information content (AvgIpc) is 4.23. The Morgan fingerprint density at radius 1 is 0.301 bits per heavy atom. The van der Waals surface area contributed by atoms with E-state index in [0.29, 0.717) is 61.9 Å². The summed E-state index contributed by atoms with van der Waals surface area (Å²) >= 11 is 0. The highest BCUT2D eigenvalue weighted by Gasteiger charge is 2.38. The van der Waals surface area contributed by atoms with Gasteiger partial charge in [-0.1, -0.05) is 83.9 Å². The molecule has 83 heavy (non-hydrogen) atoms. The number of amides is 9. The molecule has 0 saturated heterocycles. The molecule has 17 nitrogen and oxygen atoms in total. The predicted molar refractivity (Wildman–Crippen MR) is 319 cm³/mol. The number of carbonyl (C=O) groups is 9. The van der Waals surface area contributed by atoms with Crippen molar-refractivity contribution in [2.45, 2.75) is 41.5 Å². The van der Waals surface area contributed by atoms with Crippen molar-refractivity contribution in [3.63, 3.8) is 0 Å². The maximum Gasteiger partial charge on any atom is 0.266 e. The van der Waals surface area contributed by atoms with Gasteiger partial charge in [-0.05, 0) is 148 Å². The zero-order valence-corrected chi connectivity index (χ0v) is 47.3. The van der Waals surface area contributed by atoms with Gasteiger partial charge in [0.15, 0.2) is 0 Å². The molecule has 0 fully saturated rings. The summed E-state index contributed by atoms with van der Waals surface area (Å²) < 4.78 is 11.6. The van der Waals surface area contributed by atoms with Crippen LogP contribution in [0.25, 0.3) is 0 Å². The highest BCUT2D eigenvalue weighted by Crippen LogP contribution is 2.33. The Labute approximate surface area is 481 Å². The molecule has 3 N–H and O–H groups in total. The fraction of sp³-hybridized carbons (Fsp3) is 0.136. The quantitative estimate of drug-likeness (QED) is 0.128. The van der Waals surface area contributed by atoms with Crippen LogP contribution in [-0.4, -0.2) is 74.3 Å². The molecule has 0 aliphatic carbocycles. The summed E-state index contributed by atoms with van der Waals surface area (Å²) in [5.41, 5.74) is 7.73. The van der Waals surface area contributed by atoms with E-state index in [1.807, 2.05) is 87.5 Å². The first-order chi connectivity index (χ1) is 39.8. The van der Waals surface area contributed by atoms with Crippen LogP contribution < -0.4 is 40.1 Å². The number of rotatable bonds is 7. The van der Waals surface area contributed by atoms with Crippen LogP contribution in [0.3, 0.4) is 0 Å². The van der Waals surface area contributed by atoms with Gasteiger partial charge in [-0.3, -0.25) is 43.2 Å². The SMILES string of the molecule is CNC(C)=O.CNC(C)=O.CNC(C)=O.Cc1ccc(Oc2ccc(N3C(=O)c4ccccc4C3=O)cc2)cc1.Cc1ccc(Oc2ccc(N3C(=O)c4ccccc4C3=O)cc2)cc1.Cc1cccc(N2C(=O)c3ccccc3C2=O)c1. The summed E-state index contributed by atoms with van der Waals surface area (Å²) in [5, 5.41) is 7.17. The van der Waals surface area contributed by atoms with Crippen molar-refractivity contribution in [1.82, 2.24) is 16.0 Å². The van der Waals surface area contributed by atoms with E-state index < -0.39 is 0 Å². The summed E-state index contributed by atoms with van der Waals surface area (Å²) in [6.45, 7) is 10.4. The minimum absolute atomic E-state index is 0.00463. The van der Waals surface area contributed by atoms with E-state index in [9.17, 15) is 43.2 Å². The lowest BCUT2D eigenvalue weighted by Gasteiger charge is -2.14. The van der Waals surface area contributed by atoms with Gasteiger partial charge in [-0.25, -0.2) is 14.7 Å². The third-order valence-corrected chi connectivity index (χ3v) is 12.4. The van der Waals surface area contributed by atoms with Crippen LogP contribution in [0, 0.1) is 20.8 Å². The summed E-state index contributed by atoms with van der Waals surface area (Å²) in [7, 11) is 4.80. The van der Waals surface area contributed by atoms with Crippen LogP contribution in [0.5, 0.6) is 23.0 Å². The Hall–Kier alpha value is -10.8. The van der Waals surface area contributed by atoms with E-state index in [2.05, 4.69) is 16.0 Å². The van der Waals surface area contributed by atoms with Crippen LogP contribution in [0.15, 0.2) is 194 Å². The Morgan fingerprint density at radius 3 is 0.759 bits per heavy atom. The van der Waals surface area contributed by atoms with Crippen molar-refractivity contribution < 1.29 is 52.6 Å². The lowest BCUT2D eigenvalue weighted by atomic mass is 10.1. The topological polar surface area (TPSA) is 218 Å². The molecular formula is C66H62N6O11. The highest BCUT2D eigenvalue weighted by atomic mass is 16.5. The highest BCUT2D eigenvalue weighted by molar-refractivity contribution is 6.36. The van der Waals surface area contributed by atoms with E-state index in [4.69, 9.17) is 9.47 Å². The fourth-order valence-electron chi connectivity index (χ4n) is 7.85. The second-order valence-electron chi connectivity index (χ2n) is 18.5. The second-order valence-corrected chi connectivity index (χ2v) is 18.5. The lowest BCUT2D eigenvalue weighted by molar-refractivity contribution is -0.119. The Balaban J connectivity index is 0.000000179. The van der Waals surface area contributed by atoms with Crippen LogP contribution >= 0.6 is 0 Å². The van der Waals surface area contributed by atoms with E-state index >= 15 is 0 Å². The first-order valence-corrected chi connectivity index (χ1v) is 26.0. The minimum Gasteiger partial charge on any atom is -0.457 e. The molecule has 0 bridgehead atoms. The number of nitrogens with one attached hydrogen (secondary N) is 3. The molecule has 3 aliphatic rings. The largest absolute Gasteiger partial charge is 0.457 e. The molecule has 0 aromatic heterocycles. The zero-order chi connectivity index (χ0) is 60.3. The standard InChI is InChI=1S/2C21H15NO3.C15H11NO2.3C3H7NO/c2*1-14-6-10-16(11-7-14)25-17-12-8-15(9-13-17)22-20(23)18-4-2-3-5-19(18)21(22)24;1-10-5-4-6-11(9-10)16-14(17)12-7-2-3-8-13(12)15(16)18;3*1-3(5)4-2/h2*2-13H,1H3;2-9H,1H3;3*1-2H3,(H,4,5). The molecule has 17 heteroatoms. The van der Waals surface area contributed by atoms with Crippen molar-refractivity contribution in [2.24, 2.45) is 0 Å². The van der Waals surface area contributed by atoms with Crippen LogP contribution in [-0.2, 0) is 14.4 Å². The first-order valence-electron chi connectivity index (χ1n) is 26.0. The molecule has 11 rings (SSSR count). The van der Waals surface area contributed by atoms with Crippen LogP contribution in [0.2, 0.25) is 0 Å². The van der Waals surface area contributed by atoms with Crippen LogP contribution in [0.4, 0.5) is 17.1 Å². The Bertz CT molecular complexity index is 3370. The molecule has 0 unspecified atom stereocenters. The van der Waals surface area contributed by atoms with Gasteiger partial charge in [-0.2, -0.15) is 0 Å². The lowest BCUT2D eigenvalue weighted by Crippen LogP contribution is -2.29. The van der Waals surface area contributed by atoms with Crippen molar-refractivity contribution >= 4 is 70.2 Å². The number of hydrogen-bond acceptors (Lipinski definition) is 11. The van der Waals surface area contributed by atoms with Gasteiger partial charge in [0, 0.05) is 41.9 Å². The summed E-state index contributed by atoms with van der Waals surface area (Å²) in [6.07, 6.45) is 0. The molecule has 0 spiro atoms. The molecular weight excluding hydrogens is 1050 g/mol. The maximum absolute atomic E-state index is 12.5. The Kier molecular flexibility index (Phi) is 21.4. The van der Waals surface area contributed by atoms with Gasteiger partial charge in [-0.15, -0.1) is 0 Å². The van der Waals surface area contributed by atoms with Gasteiger partial charge in [0.25, 0.3) is 35.4 Å². The van der Waals surface area contributed by atoms with Gasteiger partial charge >= 0.3 is 0 Å². The number of carbonyl (C=O) groups excluding carboxylic acids is 9. The molecule has 9 amide bonds. The van der Waals surface area contributed by atoms with E-state index in [1.54, 1.807) is 149 Å².